The van der Waals surface area contributed by atoms with Crippen LogP contribution in [0.25, 0.3) is 11.1 Å². The standard InChI is InChI=1S/C20H20F3N5O3/c1-3-27(10-20(21,22)23)19(30)17-12-6-7-28(9-14(12)25-26-17)18(29)16-8-13-15(31-16)5-4-11(2)24-13/h4-5,8H,3,6-7,9-10H2,1-2H3,(H,25,26). The molecule has 1 N–H and O–H groups in total. The molecule has 0 radical (unpaired) electrons. The summed E-state index contributed by atoms with van der Waals surface area (Å²) in [4.78, 5) is 32.0. The highest BCUT2D eigenvalue weighted by Gasteiger charge is 2.35. The maximum atomic E-state index is 12.9. The number of fused-ring (bicyclic) bond motifs is 2. The van der Waals surface area contributed by atoms with Gasteiger partial charge in [0, 0.05) is 30.4 Å². The summed E-state index contributed by atoms with van der Waals surface area (Å²) in [5.74, 6) is -0.971. The van der Waals surface area contributed by atoms with E-state index in [9.17, 15) is 22.8 Å². The molecule has 0 saturated carbocycles. The van der Waals surface area contributed by atoms with Crippen LogP contribution in [0.3, 0.4) is 0 Å². The first-order valence-electron chi connectivity index (χ1n) is 9.75. The second-order valence-corrected chi connectivity index (χ2v) is 7.39. The highest BCUT2D eigenvalue weighted by molar-refractivity contribution is 5.96. The van der Waals surface area contributed by atoms with Gasteiger partial charge in [0.2, 0.25) is 0 Å². The summed E-state index contributed by atoms with van der Waals surface area (Å²) in [5, 5.41) is 6.66. The van der Waals surface area contributed by atoms with E-state index in [0.717, 1.165) is 5.69 Å². The van der Waals surface area contributed by atoms with Gasteiger partial charge in [-0.3, -0.25) is 14.7 Å². The maximum Gasteiger partial charge on any atom is 0.406 e. The number of halogens is 3. The number of aromatic amines is 1. The molecule has 0 aliphatic carbocycles. The molecule has 1 aliphatic heterocycles. The van der Waals surface area contributed by atoms with Gasteiger partial charge in [-0.25, -0.2) is 4.98 Å². The minimum atomic E-state index is -4.49. The molecule has 1 aliphatic rings. The Morgan fingerprint density at radius 1 is 1.32 bits per heavy atom. The van der Waals surface area contributed by atoms with Crippen molar-refractivity contribution in [1.82, 2.24) is 25.0 Å². The van der Waals surface area contributed by atoms with Gasteiger partial charge in [-0.1, -0.05) is 0 Å². The van der Waals surface area contributed by atoms with Crippen molar-refractivity contribution in [2.45, 2.75) is 33.0 Å². The molecule has 0 fully saturated rings. The second-order valence-electron chi connectivity index (χ2n) is 7.39. The Kier molecular flexibility index (Phi) is 5.19. The number of nitrogens with one attached hydrogen (secondary N) is 1. The first-order chi connectivity index (χ1) is 14.7. The van der Waals surface area contributed by atoms with Gasteiger partial charge in [-0.15, -0.1) is 0 Å². The summed E-state index contributed by atoms with van der Waals surface area (Å²) in [6.45, 7) is 2.31. The Balaban J connectivity index is 1.52. The molecule has 31 heavy (non-hydrogen) atoms. The summed E-state index contributed by atoms with van der Waals surface area (Å²) in [7, 11) is 0. The van der Waals surface area contributed by atoms with E-state index < -0.39 is 18.6 Å². The molecule has 11 heteroatoms. The monoisotopic (exact) mass is 435 g/mol. The van der Waals surface area contributed by atoms with E-state index in [-0.39, 0.29) is 37.0 Å². The van der Waals surface area contributed by atoms with Crippen molar-refractivity contribution in [1.29, 1.82) is 0 Å². The van der Waals surface area contributed by atoms with Gasteiger partial charge < -0.3 is 14.2 Å². The number of pyridine rings is 1. The molecule has 4 heterocycles. The normalized spacial score (nSPS) is 14.0. The average molecular weight is 435 g/mol. The number of hydrogen-bond donors (Lipinski definition) is 1. The molecule has 4 rings (SSSR count). The van der Waals surface area contributed by atoms with Crippen LogP contribution in [0.5, 0.6) is 0 Å². The number of carbonyl (C=O) groups excluding carboxylic acids is 2. The van der Waals surface area contributed by atoms with Gasteiger partial charge >= 0.3 is 6.18 Å². The van der Waals surface area contributed by atoms with Crippen LogP contribution >= 0.6 is 0 Å². The molecule has 0 unspecified atom stereocenters. The minimum Gasteiger partial charge on any atom is -0.449 e. The largest absolute Gasteiger partial charge is 0.449 e. The number of hydrogen-bond acceptors (Lipinski definition) is 5. The zero-order valence-electron chi connectivity index (χ0n) is 16.9. The van der Waals surface area contributed by atoms with E-state index in [2.05, 4.69) is 15.2 Å². The van der Waals surface area contributed by atoms with Gasteiger partial charge in [0.1, 0.15) is 12.1 Å². The molecule has 0 aromatic carbocycles. The summed E-state index contributed by atoms with van der Waals surface area (Å²) in [6, 6.07) is 5.11. The van der Waals surface area contributed by atoms with Gasteiger partial charge in [-0.2, -0.15) is 18.3 Å². The topological polar surface area (TPSA) is 95.3 Å². The van der Waals surface area contributed by atoms with E-state index in [4.69, 9.17) is 4.42 Å². The van der Waals surface area contributed by atoms with E-state index in [0.29, 0.717) is 33.7 Å². The number of carbonyl (C=O) groups is 2. The van der Waals surface area contributed by atoms with Crippen molar-refractivity contribution < 1.29 is 27.2 Å². The molecule has 2 amide bonds. The Bertz CT molecular complexity index is 1150. The minimum absolute atomic E-state index is 0.0309. The first-order valence-corrected chi connectivity index (χ1v) is 9.75. The molecule has 164 valence electrons. The summed E-state index contributed by atoms with van der Waals surface area (Å²) < 4.78 is 43.9. The summed E-state index contributed by atoms with van der Waals surface area (Å²) in [5.41, 5.74) is 2.92. The first kappa shape index (κ1) is 20.9. The Labute approximate surface area is 175 Å². The second kappa shape index (κ2) is 7.71. The number of aromatic nitrogens is 3. The Hall–Kier alpha value is -3.37. The number of furan rings is 1. The predicted molar refractivity (Wildman–Crippen MR) is 103 cm³/mol. The highest BCUT2D eigenvalue weighted by atomic mass is 19.4. The lowest BCUT2D eigenvalue weighted by Gasteiger charge is -2.26. The number of amides is 2. The lowest BCUT2D eigenvalue weighted by Crippen LogP contribution is -2.40. The van der Waals surface area contributed by atoms with E-state index in [1.165, 1.54) is 11.8 Å². The number of aryl methyl sites for hydroxylation is 1. The molecular formula is C20H20F3N5O3. The van der Waals surface area contributed by atoms with E-state index >= 15 is 0 Å². The quantitative estimate of drug-likeness (QED) is 0.680. The van der Waals surface area contributed by atoms with Crippen LogP contribution in [0.1, 0.15) is 44.9 Å². The maximum absolute atomic E-state index is 12.9. The van der Waals surface area contributed by atoms with Crippen LogP contribution in [0.2, 0.25) is 0 Å². The molecular weight excluding hydrogens is 415 g/mol. The van der Waals surface area contributed by atoms with Crippen molar-refractivity contribution in [3.05, 3.63) is 46.6 Å². The lowest BCUT2D eigenvalue weighted by atomic mass is 10.0. The van der Waals surface area contributed by atoms with Crippen LogP contribution in [0.15, 0.2) is 22.6 Å². The fraction of sp³-hybridized carbons (Fsp3) is 0.400. The zero-order chi connectivity index (χ0) is 22.3. The average Bonchev–Trinajstić information content (AvgIpc) is 3.33. The van der Waals surface area contributed by atoms with Crippen molar-refractivity contribution in [3.63, 3.8) is 0 Å². The van der Waals surface area contributed by atoms with E-state index in [1.54, 1.807) is 18.2 Å². The SMILES string of the molecule is CCN(CC(F)(F)F)C(=O)c1n[nH]c2c1CCN(C(=O)c1cc3nc(C)ccc3o1)C2. The van der Waals surface area contributed by atoms with Gasteiger partial charge in [0.25, 0.3) is 11.8 Å². The van der Waals surface area contributed by atoms with Crippen molar-refractivity contribution in [2.75, 3.05) is 19.6 Å². The van der Waals surface area contributed by atoms with Gasteiger partial charge in [0.05, 0.1) is 12.2 Å². The molecule has 0 spiro atoms. The predicted octanol–water partition coefficient (Wildman–Crippen LogP) is 3.08. The lowest BCUT2D eigenvalue weighted by molar-refractivity contribution is -0.140. The molecule has 8 nitrogen and oxygen atoms in total. The van der Waals surface area contributed by atoms with Gasteiger partial charge in [-0.05, 0) is 32.4 Å². The zero-order valence-corrected chi connectivity index (χ0v) is 16.9. The number of rotatable bonds is 4. The third-order valence-electron chi connectivity index (χ3n) is 5.19. The molecule has 0 saturated heterocycles. The number of H-pyrrole nitrogens is 1. The van der Waals surface area contributed by atoms with Crippen LogP contribution in [-0.2, 0) is 13.0 Å². The van der Waals surface area contributed by atoms with Crippen molar-refractivity contribution in [2.24, 2.45) is 0 Å². The Morgan fingerprint density at radius 2 is 2.10 bits per heavy atom. The van der Waals surface area contributed by atoms with Gasteiger partial charge in [0.15, 0.2) is 17.0 Å². The van der Waals surface area contributed by atoms with Crippen LogP contribution in [-0.4, -0.2) is 62.6 Å². The third kappa shape index (κ3) is 4.12. The smallest absolute Gasteiger partial charge is 0.406 e. The fourth-order valence-corrected chi connectivity index (χ4v) is 3.65. The van der Waals surface area contributed by atoms with Crippen LogP contribution in [0.4, 0.5) is 13.2 Å². The van der Waals surface area contributed by atoms with Crippen LogP contribution in [0, 0.1) is 6.92 Å². The number of nitrogens with zero attached hydrogens (tertiary/aromatic N) is 4. The number of alkyl halides is 3. The van der Waals surface area contributed by atoms with Crippen molar-refractivity contribution >= 4 is 22.9 Å². The molecule has 3 aromatic rings. The third-order valence-corrected chi connectivity index (χ3v) is 5.19. The molecule has 0 atom stereocenters. The Morgan fingerprint density at radius 3 is 2.81 bits per heavy atom. The fourth-order valence-electron chi connectivity index (χ4n) is 3.65. The summed E-state index contributed by atoms with van der Waals surface area (Å²) in [6.07, 6.45) is -4.20. The molecule has 3 aromatic heterocycles. The van der Waals surface area contributed by atoms with E-state index in [1.807, 2.05) is 6.92 Å². The van der Waals surface area contributed by atoms with Crippen molar-refractivity contribution in [3.8, 4) is 0 Å². The van der Waals surface area contributed by atoms with Crippen LogP contribution < -0.4 is 0 Å². The highest BCUT2D eigenvalue weighted by Crippen LogP contribution is 2.26. The molecule has 0 bridgehead atoms. The summed E-state index contributed by atoms with van der Waals surface area (Å²) >= 11 is 0.